The van der Waals surface area contributed by atoms with Crippen molar-refractivity contribution >= 4 is 37.9 Å². The highest BCUT2D eigenvalue weighted by molar-refractivity contribution is 9.09. The molecule has 4 rings (SSSR count). The summed E-state index contributed by atoms with van der Waals surface area (Å²) in [6, 6.07) is 14.4. The van der Waals surface area contributed by atoms with Gasteiger partial charge in [0.25, 0.3) is 0 Å². The second-order valence-electron chi connectivity index (χ2n) is 5.24. The molecule has 108 valence electrons. The van der Waals surface area contributed by atoms with E-state index in [-0.39, 0.29) is 10.9 Å². The molecular weight excluding hydrogens is 332 g/mol. The molecule has 2 unspecified atom stereocenters. The Morgan fingerprint density at radius 2 is 1.86 bits per heavy atom. The molecule has 3 nitrogen and oxygen atoms in total. The van der Waals surface area contributed by atoms with Gasteiger partial charge in [-0.25, -0.2) is 0 Å². The SMILES string of the molecule is BrC(c1ccc2oc3ccccc3c2c1)C1COCCO1. The standard InChI is InChI=1S/C17H15BrO3/c18-17(16-10-19-7-8-20-16)11-5-6-15-13(9-11)12-3-1-2-4-14(12)21-15/h1-6,9,16-17H,7-8,10H2. The van der Waals surface area contributed by atoms with E-state index in [0.29, 0.717) is 19.8 Å². The van der Waals surface area contributed by atoms with Crippen molar-refractivity contribution in [3.63, 3.8) is 0 Å². The fourth-order valence-electron chi connectivity index (χ4n) is 2.80. The van der Waals surface area contributed by atoms with Crippen molar-refractivity contribution in [2.45, 2.75) is 10.9 Å². The van der Waals surface area contributed by atoms with Crippen LogP contribution >= 0.6 is 15.9 Å². The lowest BCUT2D eigenvalue weighted by Gasteiger charge is -2.27. The lowest BCUT2D eigenvalue weighted by atomic mass is 10.0. The van der Waals surface area contributed by atoms with Crippen LogP contribution in [0.15, 0.2) is 46.9 Å². The average molecular weight is 347 g/mol. The van der Waals surface area contributed by atoms with Crippen LogP contribution in [0.4, 0.5) is 0 Å². The Kier molecular flexibility index (Phi) is 3.45. The van der Waals surface area contributed by atoms with Crippen LogP contribution in [0.3, 0.4) is 0 Å². The minimum atomic E-state index is 0.0503. The molecule has 0 spiro atoms. The Hall–Kier alpha value is -1.36. The van der Waals surface area contributed by atoms with Crippen LogP contribution in [0.1, 0.15) is 10.4 Å². The van der Waals surface area contributed by atoms with Gasteiger partial charge in [0.1, 0.15) is 11.2 Å². The molecule has 0 aliphatic carbocycles. The summed E-state index contributed by atoms with van der Waals surface area (Å²) in [6.07, 6.45) is 0.0503. The van der Waals surface area contributed by atoms with Crippen molar-refractivity contribution in [2.75, 3.05) is 19.8 Å². The van der Waals surface area contributed by atoms with Gasteiger partial charge in [0, 0.05) is 10.8 Å². The Morgan fingerprint density at radius 3 is 2.71 bits per heavy atom. The van der Waals surface area contributed by atoms with E-state index in [1.165, 1.54) is 5.56 Å². The number of para-hydroxylation sites is 1. The number of furan rings is 1. The van der Waals surface area contributed by atoms with Gasteiger partial charge in [0.2, 0.25) is 0 Å². The third-order valence-corrected chi connectivity index (χ3v) is 5.01. The lowest BCUT2D eigenvalue weighted by molar-refractivity contribution is -0.0876. The van der Waals surface area contributed by atoms with E-state index in [1.807, 2.05) is 24.3 Å². The molecule has 1 aliphatic heterocycles. The third kappa shape index (κ3) is 2.37. The zero-order chi connectivity index (χ0) is 14.2. The third-order valence-electron chi connectivity index (χ3n) is 3.89. The molecule has 4 heteroatoms. The van der Waals surface area contributed by atoms with Crippen LogP contribution in [0.5, 0.6) is 0 Å². The van der Waals surface area contributed by atoms with Crippen LogP contribution in [0.2, 0.25) is 0 Å². The predicted molar refractivity (Wildman–Crippen MR) is 85.9 cm³/mol. The number of rotatable bonds is 2. The van der Waals surface area contributed by atoms with Crippen molar-refractivity contribution in [1.82, 2.24) is 0 Å². The van der Waals surface area contributed by atoms with Crippen molar-refractivity contribution in [2.24, 2.45) is 0 Å². The topological polar surface area (TPSA) is 31.6 Å². The van der Waals surface area contributed by atoms with Gasteiger partial charge in [0.15, 0.2) is 0 Å². The minimum absolute atomic E-state index is 0.0503. The van der Waals surface area contributed by atoms with E-state index < -0.39 is 0 Å². The molecule has 2 atom stereocenters. The molecule has 1 fully saturated rings. The molecule has 2 aromatic carbocycles. The van der Waals surface area contributed by atoms with E-state index in [1.54, 1.807) is 0 Å². The van der Waals surface area contributed by atoms with Crippen LogP contribution in [0, 0.1) is 0 Å². The van der Waals surface area contributed by atoms with Gasteiger partial charge in [-0.05, 0) is 23.8 Å². The Labute approximate surface area is 131 Å². The summed E-state index contributed by atoms with van der Waals surface area (Å²) < 4.78 is 17.1. The average Bonchev–Trinajstić information content (AvgIpc) is 2.93. The zero-order valence-electron chi connectivity index (χ0n) is 11.4. The number of hydrogen-bond acceptors (Lipinski definition) is 3. The number of fused-ring (bicyclic) bond motifs is 3. The highest BCUT2D eigenvalue weighted by Crippen LogP contribution is 2.35. The van der Waals surface area contributed by atoms with Gasteiger partial charge in [-0.3, -0.25) is 0 Å². The molecule has 1 aliphatic rings. The number of halogens is 1. The first-order valence-corrected chi connectivity index (χ1v) is 7.99. The fourth-order valence-corrected chi connectivity index (χ4v) is 3.39. The summed E-state index contributed by atoms with van der Waals surface area (Å²) in [5, 5.41) is 2.29. The highest BCUT2D eigenvalue weighted by atomic mass is 79.9. The van der Waals surface area contributed by atoms with Crippen LogP contribution in [-0.4, -0.2) is 25.9 Å². The first-order valence-electron chi connectivity index (χ1n) is 7.07. The maximum absolute atomic E-state index is 5.86. The monoisotopic (exact) mass is 346 g/mol. The maximum atomic E-state index is 5.86. The van der Waals surface area contributed by atoms with Crippen molar-refractivity contribution in [1.29, 1.82) is 0 Å². The van der Waals surface area contributed by atoms with E-state index in [4.69, 9.17) is 13.9 Å². The van der Waals surface area contributed by atoms with Gasteiger partial charge in [-0.2, -0.15) is 0 Å². The first kappa shape index (κ1) is 13.3. The molecule has 0 radical (unpaired) electrons. The number of alkyl halides is 1. The molecule has 1 aromatic heterocycles. The van der Waals surface area contributed by atoms with Crippen molar-refractivity contribution in [3.8, 4) is 0 Å². The Balaban J connectivity index is 1.76. The number of benzene rings is 2. The van der Waals surface area contributed by atoms with E-state index in [2.05, 4.69) is 34.1 Å². The minimum Gasteiger partial charge on any atom is -0.456 e. The second kappa shape index (κ2) is 5.44. The van der Waals surface area contributed by atoms with Gasteiger partial charge >= 0.3 is 0 Å². The Morgan fingerprint density at radius 1 is 1.00 bits per heavy atom. The summed E-state index contributed by atoms with van der Waals surface area (Å²) in [6.45, 7) is 1.96. The van der Waals surface area contributed by atoms with Crippen molar-refractivity contribution in [3.05, 3.63) is 48.0 Å². The molecule has 0 amide bonds. The van der Waals surface area contributed by atoms with Crippen LogP contribution in [0.25, 0.3) is 21.9 Å². The van der Waals surface area contributed by atoms with E-state index in [9.17, 15) is 0 Å². The predicted octanol–water partition coefficient (Wildman–Crippen LogP) is 4.44. The molecule has 0 saturated carbocycles. The lowest BCUT2D eigenvalue weighted by Crippen LogP contribution is -2.31. The molecule has 21 heavy (non-hydrogen) atoms. The van der Waals surface area contributed by atoms with Gasteiger partial charge in [-0.1, -0.05) is 40.2 Å². The molecule has 0 bridgehead atoms. The molecule has 2 heterocycles. The summed E-state index contributed by atoms with van der Waals surface area (Å²) in [4.78, 5) is 0.121. The van der Waals surface area contributed by atoms with Gasteiger partial charge in [0.05, 0.1) is 30.8 Å². The van der Waals surface area contributed by atoms with Gasteiger partial charge < -0.3 is 13.9 Å². The first-order chi connectivity index (χ1) is 10.3. The largest absolute Gasteiger partial charge is 0.456 e. The fraction of sp³-hybridized carbons (Fsp3) is 0.294. The normalized spacial score (nSPS) is 20.9. The summed E-state index contributed by atoms with van der Waals surface area (Å²) >= 11 is 3.75. The molecule has 3 aromatic rings. The highest BCUT2D eigenvalue weighted by Gasteiger charge is 2.24. The maximum Gasteiger partial charge on any atom is 0.135 e. The number of hydrogen-bond donors (Lipinski definition) is 0. The summed E-state index contributed by atoms with van der Waals surface area (Å²) in [7, 11) is 0. The molecule has 1 saturated heterocycles. The summed E-state index contributed by atoms with van der Waals surface area (Å²) in [5.74, 6) is 0. The number of ether oxygens (including phenoxy) is 2. The van der Waals surface area contributed by atoms with Crippen molar-refractivity contribution < 1.29 is 13.9 Å². The molecular formula is C17H15BrO3. The quantitative estimate of drug-likeness (QED) is 0.643. The van der Waals surface area contributed by atoms with E-state index in [0.717, 1.165) is 21.9 Å². The molecule has 0 N–H and O–H groups in total. The smallest absolute Gasteiger partial charge is 0.135 e. The van der Waals surface area contributed by atoms with Crippen LogP contribution < -0.4 is 0 Å². The van der Waals surface area contributed by atoms with Crippen LogP contribution in [-0.2, 0) is 9.47 Å². The Bertz CT molecular complexity index is 774. The van der Waals surface area contributed by atoms with Gasteiger partial charge in [-0.15, -0.1) is 0 Å². The second-order valence-corrected chi connectivity index (χ2v) is 6.23. The zero-order valence-corrected chi connectivity index (χ0v) is 13.0. The summed E-state index contributed by atoms with van der Waals surface area (Å²) in [5.41, 5.74) is 3.03. The van der Waals surface area contributed by atoms with E-state index >= 15 is 0 Å².